The van der Waals surface area contributed by atoms with E-state index in [0.717, 1.165) is 18.4 Å². The van der Waals surface area contributed by atoms with Crippen LogP contribution in [0.4, 0.5) is 0 Å². The molecular formula is C14H23N3. The number of rotatable bonds is 4. The van der Waals surface area contributed by atoms with E-state index >= 15 is 0 Å². The van der Waals surface area contributed by atoms with Crippen LogP contribution in [0.5, 0.6) is 0 Å². The molecule has 94 valence electrons. The summed E-state index contributed by atoms with van der Waals surface area (Å²) >= 11 is 0. The number of hydrogen-bond donors (Lipinski definition) is 0. The van der Waals surface area contributed by atoms with Gasteiger partial charge in [-0.1, -0.05) is 6.92 Å². The summed E-state index contributed by atoms with van der Waals surface area (Å²) in [7, 11) is 0. The number of piperidine rings is 1. The molecule has 17 heavy (non-hydrogen) atoms. The second kappa shape index (κ2) is 4.81. The zero-order valence-electron chi connectivity index (χ0n) is 10.8. The van der Waals surface area contributed by atoms with Crippen LogP contribution in [-0.2, 0) is 6.54 Å². The number of hydrogen-bond acceptors (Lipinski definition) is 2. The number of aromatic nitrogens is 2. The van der Waals surface area contributed by atoms with Crippen LogP contribution in [0.1, 0.15) is 44.2 Å². The molecule has 0 amide bonds. The average molecular weight is 233 g/mol. The van der Waals surface area contributed by atoms with Gasteiger partial charge in [-0.3, -0.25) is 0 Å². The average Bonchev–Trinajstić information content (AvgIpc) is 3.08. The first-order valence-corrected chi connectivity index (χ1v) is 7.05. The van der Waals surface area contributed by atoms with Crippen molar-refractivity contribution < 1.29 is 0 Å². The van der Waals surface area contributed by atoms with Crippen molar-refractivity contribution in [1.82, 2.24) is 14.5 Å². The predicted octanol–water partition coefficient (Wildman–Crippen LogP) is 2.49. The monoisotopic (exact) mass is 233 g/mol. The molecule has 0 spiro atoms. The highest BCUT2D eigenvalue weighted by Crippen LogP contribution is 2.39. The Morgan fingerprint density at radius 1 is 1.18 bits per heavy atom. The third-order valence-electron chi connectivity index (χ3n) is 4.27. The highest BCUT2D eigenvalue weighted by Gasteiger charge is 2.26. The molecule has 0 bridgehead atoms. The van der Waals surface area contributed by atoms with Crippen LogP contribution in [0, 0.1) is 5.92 Å². The molecule has 1 aromatic rings. The van der Waals surface area contributed by atoms with Crippen LogP contribution >= 0.6 is 0 Å². The van der Waals surface area contributed by atoms with Crippen LogP contribution in [0.25, 0.3) is 0 Å². The Morgan fingerprint density at radius 3 is 2.65 bits per heavy atom. The summed E-state index contributed by atoms with van der Waals surface area (Å²) in [6, 6.07) is 0. The lowest BCUT2D eigenvalue weighted by atomic mass is 9.99. The van der Waals surface area contributed by atoms with Gasteiger partial charge in [0.25, 0.3) is 0 Å². The molecule has 1 saturated carbocycles. The Hall–Kier alpha value is -0.830. The van der Waals surface area contributed by atoms with E-state index in [1.807, 2.05) is 6.33 Å². The first kappa shape index (κ1) is 11.3. The number of nitrogens with zero attached hydrogens (tertiary/aromatic N) is 3. The molecule has 0 atom stereocenters. The number of imidazole rings is 1. The van der Waals surface area contributed by atoms with Gasteiger partial charge in [0.05, 0.1) is 6.33 Å². The van der Waals surface area contributed by atoms with Gasteiger partial charge in [-0.2, -0.15) is 0 Å². The van der Waals surface area contributed by atoms with Gasteiger partial charge in [-0.25, -0.2) is 4.98 Å². The lowest BCUT2D eigenvalue weighted by Gasteiger charge is -2.30. The first-order valence-electron chi connectivity index (χ1n) is 7.05. The van der Waals surface area contributed by atoms with Gasteiger partial charge >= 0.3 is 0 Å². The molecule has 2 aliphatic rings. The normalized spacial score (nSPS) is 23.1. The highest BCUT2D eigenvalue weighted by molar-refractivity contribution is 5.12. The van der Waals surface area contributed by atoms with E-state index in [4.69, 9.17) is 0 Å². The summed E-state index contributed by atoms with van der Waals surface area (Å²) in [6.07, 6.45) is 9.56. The Balaban J connectivity index is 1.51. The molecule has 1 saturated heterocycles. The maximum Gasteiger partial charge on any atom is 0.0948 e. The minimum absolute atomic E-state index is 0.818. The highest BCUT2D eigenvalue weighted by atomic mass is 15.2. The van der Waals surface area contributed by atoms with Gasteiger partial charge in [0.15, 0.2) is 0 Å². The largest absolute Gasteiger partial charge is 0.333 e. The molecule has 1 aromatic heterocycles. The van der Waals surface area contributed by atoms with Crippen LogP contribution in [0.3, 0.4) is 0 Å². The van der Waals surface area contributed by atoms with Crippen LogP contribution in [-0.4, -0.2) is 34.1 Å². The second-order valence-corrected chi connectivity index (χ2v) is 5.81. The number of likely N-dealkylation sites (tertiary alicyclic amines) is 1. The van der Waals surface area contributed by atoms with Crippen molar-refractivity contribution in [1.29, 1.82) is 0 Å². The molecule has 0 unspecified atom stereocenters. The van der Waals surface area contributed by atoms with Crippen molar-refractivity contribution in [3.63, 3.8) is 0 Å². The zero-order valence-corrected chi connectivity index (χ0v) is 10.8. The quantitative estimate of drug-likeness (QED) is 0.796. The summed E-state index contributed by atoms with van der Waals surface area (Å²) < 4.78 is 2.37. The standard InChI is InChI=1S/C14H23N3/c1-12-4-6-16(7-5-12)8-9-17-11-15-10-14(17)13-2-3-13/h10-13H,2-9H2,1H3. The van der Waals surface area contributed by atoms with Crippen LogP contribution in [0.15, 0.2) is 12.5 Å². The van der Waals surface area contributed by atoms with Crippen LogP contribution in [0.2, 0.25) is 0 Å². The van der Waals surface area contributed by atoms with Crippen molar-refractivity contribution in [3.05, 3.63) is 18.2 Å². The smallest absolute Gasteiger partial charge is 0.0948 e. The summed E-state index contributed by atoms with van der Waals surface area (Å²) in [5.74, 6) is 1.75. The molecule has 3 rings (SSSR count). The Kier molecular flexibility index (Phi) is 3.19. The molecule has 2 fully saturated rings. The molecule has 0 aromatic carbocycles. The maximum atomic E-state index is 4.30. The van der Waals surface area contributed by atoms with E-state index in [1.165, 1.54) is 51.0 Å². The zero-order chi connectivity index (χ0) is 11.7. The van der Waals surface area contributed by atoms with E-state index in [-0.39, 0.29) is 0 Å². The third-order valence-corrected chi connectivity index (χ3v) is 4.27. The Labute approximate surface area is 104 Å². The minimum atomic E-state index is 0.818. The lowest BCUT2D eigenvalue weighted by molar-refractivity contribution is 0.186. The predicted molar refractivity (Wildman–Crippen MR) is 69.0 cm³/mol. The van der Waals surface area contributed by atoms with E-state index in [9.17, 15) is 0 Å². The SMILES string of the molecule is CC1CCN(CCn2cncc2C2CC2)CC1. The van der Waals surface area contributed by atoms with E-state index in [2.05, 4.69) is 27.6 Å². The van der Waals surface area contributed by atoms with Crippen molar-refractivity contribution in [2.24, 2.45) is 5.92 Å². The maximum absolute atomic E-state index is 4.30. The Morgan fingerprint density at radius 2 is 1.94 bits per heavy atom. The summed E-state index contributed by atoms with van der Waals surface area (Å²) in [5.41, 5.74) is 1.47. The van der Waals surface area contributed by atoms with Gasteiger partial charge in [-0.05, 0) is 44.7 Å². The fraction of sp³-hybridized carbons (Fsp3) is 0.786. The second-order valence-electron chi connectivity index (χ2n) is 5.81. The molecule has 2 heterocycles. The Bertz CT molecular complexity index is 359. The van der Waals surface area contributed by atoms with E-state index in [0.29, 0.717) is 0 Å². The summed E-state index contributed by atoms with van der Waals surface area (Å²) in [6.45, 7) is 7.27. The van der Waals surface area contributed by atoms with E-state index < -0.39 is 0 Å². The minimum Gasteiger partial charge on any atom is -0.333 e. The van der Waals surface area contributed by atoms with Crippen LogP contribution < -0.4 is 0 Å². The summed E-state index contributed by atoms with van der Waals surface area (Å²) in [5, 5.41) is 0. The van der Waals surface area contributed by atoms with Crippen molar-refractivity contribution in [2.75, 3.05) is 19.6 Å². The molecule has 0 radical (unpaired) electrons. The van der Waals surface area contributed by atoms with Gasteiger partial charge in [0, 0.05) is 30.9 Å². The third kappa shape index (κ3) is 2.71. The fourth-order valence-corrected chi connectivity index (χ4v) is 2.77. The van der Waals surface area contributed by atoms with Gasteiger partial charge in [-0.15, -0.1) is 0 Å². The van der Waals surface area contributed by atoms with Crippen molar-refractivity contribution >= 4 is 0 Å². The van der Waals surface area contributed by atoms with Gasteiger partial charge in [0.1, 0.15) is 0 Å². The molecule has 3 heteroatoms. The molecular weight excluding hydrogens is 210 g/mol. The first-order chi connectivity index (χ1) is 8.33. The van der Waals surface area contributed by atoms with Crippen molar-refractivity contribution in [2.45, 2.75) is 45.1 Å². The topological polar surface area (TPSA) is 21.1 Å². The fourth-order valence-electron chi connectivity index (χ4n) is 2.77. The molecule has 1 aliphatic heterocycles. The molecule has 3 nitrogen and oxygen atoms in total. The molecule has 1 aliphatic carbocycles. The van der Waals surface area contributed by atoms with Gasteiger partial charge < -0.3 is 9.47 Å². The lowest BCUT2D eigenvalue weighted by Crippen LogP contribution is -2.35. The van der Waals surface area contributed by atoms with Crippen molar-refractivity contribution in [3.8, 4) is 0 Å². The molecule has 0 N–H and O–H groups in total. The van der Waals surface area contributed by atoms with Gasteiger partial charge in [0.2, 0.25) is 0 Å². The summed E-state index contributed by atoms with van der Waals surface area (Å²) in [4.78, 5) is 6.91. The van der Waals surface area contributed by atoms with E-state index in [1.54, 1.807) is 0 Å².